The van der Waals surface area contributed by atoms with Crippen molar-refractivity contribution in [2.75, 3.05) is 6.26 Å². The number of hydrogen-bond acceptors (Lipinski definition) is 1. The van der Waals surface area contributed by atoms with Crippen LogP contribution in [0.2, 0.25) is 0 Å². The molecule has 0 amide bonds. The molecule has 0 saturated carbocycles. The number of benzene rings is 2. The lowest BCUT2D eigenvalue weighted by atomic mass is 10.1. The second-order valence-electron chi connectivity index (χ2n) is 2.92. The number of rotatable bonds is 1. The molecule has 14 heavy (non-hydrogen) atoms. The summed E-state index contributed by atoms with van der Waals surface area (Å²) >= 11 is 1.41. The van der Waals surface area contributed by atoms with Gasteiger partial charge in [0.15, 0.2) is 11.6 Å². The number of hydrogen-bond donors (Lipinski definition) is 0. The first-order valence-corrected chi connectivity index (χ1v) is 5.37. The molecule has 0 unspecified atom stereocenters. The van der Waals surface area contributed by atoms with Gasteiger partial charge in [-0.2, -0.15) is 0 Å². The van der Waals surface area contributed by atoms with Crippen LogP contribution in [0.1, 0.15) is 0 Å². The molecule has 72 valence electrons. The van der Waals surface area contributed by atoms with Gasteiger partial charge in [0.1, 0.15) is 0 Å². The van der Waals surface area contributed by atoms with Crippen molar-refractivity contribution in [3.63, 3.8) is 0 Å². The van der Waals surface area contributed by atoms with Crippen molar-refractivity contribution >= 4 is 22.5 Å². The van der Waals surface area contributed by atoms with Gasteiger partial charge in [0.2, 0.25) is 0 Å². The molecule has 0 fully saturated rings. The molecule has 0 aliphatic carbocycles. The van der Waals surface area contributed by atoms with E-state index in [9.17, 15) is 8.78 Å². The first-order valence-electron chi connectivity index (χ1n) is 4.15. The van der Waals surface area contributed by atoms with E-state index in [0.717, 1.165) is 16.3 Å². The summed E-state index contributed by atoms with van der Waals surface area (Å²) in [5, 5.41) is 1.11. The van der Waals surface area contributed by atoms with Crippen LogP contribution >= 0.6 is 11.8 Å². The Hall–Kier alpha value is -1.09. The molecule has 0 radical (unpaired) electrons. The molecule has 2 rings (SSSR count). The van der Waals surface area contributed by atoms with E-state index in [1.54, 1.807) is 18.2 Å². The summed E-state index contributed by atoms with van der Waals surface area (Å²) in [5.74, 6) is -1.55. The first-order chi connectivity index (χ1) is 6.74. The fourth-order valence-corrected chi connectivity index (χ4v) is 2.07. The van der Waals surface area contributed by atoms with Crippen molar-refractivity contribution in [1.29, 1.82) is 0 Å². The summed E-state index contributed by atoms with van der Waals surface area (Å²) in [4.78, 5) is 0.763. The standard InChI is InChI=1S/C11H8F2S/c1-14-9-4-2-3-7-5-6-8(12)11(13)10(7)9/h2-6H,1H3. The molecule has 2 aromatic carbocycles. The minimum Gasteiger partial charge on any atom is -0.204 e. The summed E-state index contributed by atoms with van der Waals surface area (Å²) < 4.78 is 26.4. The number of fused-ring (bicyclic) bond motifs is 1. The highest BCUT2D eigenvalue weighted by Crippen LogP contribution is 2.29. The smallest absolute Gasteiger partial charge is 0.167 e. The van der Waals surface area contributed by atoms with E-state index in [1.807, 2.05) is 12.3 Å². The van der Waals surface area contributed by atoms with Crippen LogP contribution in [0.4, 0.5) is 8.78 Å². The Morgan fingerprint density at radius 3 is 2.57 bits per heavy atom. The molecule has 0 bridgehead atoms. The summed E-state index contributed by atoms with van der Waals surface area (Å²) in [6, 6.07) is 8.15. The molecule has 0 saturated heterocycles. The van der Waals surface area contributed by atoms with E-state index in [0.29, 0.717) is 5.39 Å². The number of thioether (sulfide) groups is 1. The van der Waals surface area contributed by atoms with Crippen LogP contribution in [-0.2, 0) is 0 Å². The average molecular weight is 210 g/mol. The summed E-state index contributed by atoms with van der Waals surface area (Å²) in [5.41, 5.74) is 0. The minimum atomic E-state index is -0.793. The summed E-state index contributed by atoms with van der Waals surface area (Å²) in [6.45, 7) is 0. The van der Waals surface area contributed by atoms with Gasteiger partial charge < -0.3 is 0 Å². The molecule has 0 nitrogen and oxygen atoms in total. The third kappa shape index (κ3) is 1.38. The zero-order valence-electron chi connectivity index (χ0n) is 7.55. The largest absolute Gasteiger partial charge is 0.204 e. The van der Waals surface area contributed by atoms with E-state index in [1.165, 1.54) is 11.8 Å². The van der Waals surface area contributed by atoms with Gasteiger partial charge in [0.05, 0.1) is 0 Å². The number of halogens is 2. The molecule has 0 aliphatic heterocycles. The van der Waals surface area contributed by atoms with Crippen molar-refractivity contribution in [2.24, 2.45) is 0 Å². The summed E-state index contributed by atoms with van der Waals surface area (Å²) in [7, 11) is 0. The van der Waals surface area contributed by atoms with E-state index < -0.39 is 11.6 Å². The molecule has 0 heterocycles. The molecule has 0 aromatic heterocycles. The fraction of sp³-hybridized carbons (Fsp3) is 0.0909. The van der Waals surface area contributed by atoms with Crippen LogP contribution in [0.15, 0.2) is 35.2 Å². The normalized spacial score (nSPS) is 10.8. The Kier molecular flexibility index (Phi) is 2.42. The molecule has 0 N–H and O–H groups in total. The Morgan fingerprint density at radius 2 is 1.86 bits per heavy atom. The molecular formula is C11H8F2S. The lowest BCUT2D eigenvalue weighted by Gasteiger charge is -2.04. The topological polar surface area (TPSA) is 0 Å². The maximum atomic E-state index is 13.5. The quantitative estimate of drug-likeness (QED) is 0.644. The van der Waals surface area contributed by atoms with Crippen molar-refractivity contribution in [3.8, 4) is 0 Å². The summed E-state index contributed by atoms with van der Waals surface area (Å²) in [6.07, 6.45) is 1.85. The highest BCUT2D eigenvalue weighted by molar-refractivity contribution is 7.98. The third-order valence-corrected chi connectivity index (χ3v) is 2.90. The highest BCUT2D eigenvalue weighted by Gasteiger charge is 2.09. The predicted molar refractivity (Wildman–Crippen MR) is 55.6 cm³/mol. The van der Waals surface area contributed by atoms with Gasteiger partial charge in [-0.3, -0.25) is 0 Å². The van der Waals surface area contributed by atoms with Gasteiger partial charge in [-0.1, -0.05) is 18.2 Å². The predicted octanol–water partition coefficient (Wildman–Crippen LogP) is 3.84. The van der Waals surface area contributed by atoms with Crippen LogP contribution < -0.4 is 0 Å². The highest BCUT2D eigenvalue weighted by atomic mass is 32.2. The molecule has 3 heteroatoms. The van der Waals surface area contributed by atoms with Gasteiger partial charge in [-0.15, -0.1) is 11.8 Å². The Morgan fingerprint density at radius 1 is 1.07 bits per heavy atom. The zero-order valence-corrected chi connectivity index (χ0v) is 8.37. The van der Waals surface area contributed by atoms with Crippen molar-refractivity contribution in [2.45, 2.75) is 4.90 Å². The van der Waals surface area contributed by atoms with Crippen LogP contribution in [0.5, 0.6) is 0 Å². The molecule has 0 spiro atoms. The van der Waals surface area contributed by atoms with E-state index in [-0.39, 0.29) is 0 Å². The SMILES string of the molecule is CSc1cccc2ccc(F)c(F)c12. The van der Waals surface area contributed by atoms with Crippen LogP contribution in [-0.4, -0.2) is 6.26 Å². The Labute approximate surface area is 84.9 Å². The molecule has 0 aliphatic rings. The maximum absolute atomic E-state index is 13.5. The van der Waals surface area contributed by atoms with Crippen molar-refractivity contribution in [3.05, 3.63) is 42.0 Å². The fourth-order valence-electron chi connectivity index (χ4n) is 1.45. The van der Waals surface area contributed by atoms with Crippen molar-refractivity contribution in [1.82, 2.24) is 0 Å². The average Bonchev–Trinajstić information content (AvgIpc) is 2.23. The van der Waals surface area contributed by atoms with Crippen LogP contribution in [0, 0.1) is 11.6 Å². The molecule has 0 atom stereocenters. The van der Waals surface area contributed by atoms with Gasteiger partial charge >= 0.3 is 0 Å². The van der Waals surface area contributed by atoms with Crippen LogP contribution in [0.3, 0.4) is 0 Å². The minimum absolute atomic E-state index is 0.375. The van der Waals surface area contributed by atoms with Gasteiger partial charge in [0, 0.05) is 10.3 Å². The molecular weight excluding hydrogens is 202 g/mol. The first kappa shape index (κ1) is 9.46. The zero-order chi connectivity index (χ0) is 10.1. The third-order valence-electron chi connectivity index (χ3n) is 2.12. The lowest BCUT2D eigenvalue weighted by Crippen LogP contribution is -1.87. The van der Waals surface area contributed by atoms with E-state index >= 15 is 0 Å². The molecule has 2 aromatic rings. The van der Waals surface area contributed by atoms with Gasteiger partial charge in [-0.05, 0) is 23.8 Å². The second kappa shape index (κ2) is 3.58. The van der Waals surface area contributed by atoms with Crippen molar-refractivity contribution < 1.29 is 8.78 Å². The van der Waals surface area contributed by atoms with E-state index in [4.69, 9.17) is 0 Å². The van der Waals surface area contributed by atoms with E-state index in [2.05, 4.69) is 0 Å². The Bertz CT molecular complexity index is 480. The lowest BCUT2D eigenvalue weighted by molar-refractivity contribution is 0.516. The second-order valence-corrected chi connectivity index (χ2v) is 3.77. The van der Waals surface area contributed by atoms with Gasteiger partial charge in [-0.25, -0.2) is 8.78 Å². The maximum Gasteiger partial charge on any atom is 0.167 e. The van der Waals surface area contributed by atoms with Gasteiger partial charge in [0.25, 0.3) is 0 Å². The Balaban J connectivity index is 2.89. The monoisotopic (exact) mass is 210 g/mol. The van der Waals surface area contributed by atoms with Crippen LogP contribution in [0.25, 0.3) is 10.8 Å².